The molecule has 0 aliphatic carbocycles. The van der Waals surface area contributed by atoms with Gasteiger partial charge in [-0.2, -0.15) is 0 Å². The number of amides is 1. The highest BCUT2D eigenvalue weighted by molar-refractivity contribution is 5.85. The van der Waals surface area contributed by atoms with Crippen LogP contribution < -0.4 is 5.32 Å². The van der Waals surface area contributed by atoms with Gasteiger partial charge < -0.3 is 24.8 Å². The predicted molar refractivity (Wildman–Crippen MR) is 58.7 cm³/mol. The standard InChI is InChI=1S/C10H18N2O5/c1-16-4-2-11-6-9(13)12-3-5-17-7-8(12)10(14)15/h8,11H,2-7H2,1H3,(H,14,15). The van der Waals surface area contributed by atoms with Crippen LogP contribution in [0.15, 0.2) is 0 Å². The number of rotatable bonds is 6. The number of ether oxygens (including phenoxy) is 2. The van der Waals surface area contributed by atoms with E-state index < -0.39 is 12.0 Å². The summed E-state index contributed by atoms with van der Waals surface area (Å²) in [6.07, 6.45) is 0. The molecule has 98 valence electrons. The van der Waals surface area contributed by atoms with E-state index in [1.165, 1.54) is 4.90 Å². The second kappa shape index (κ2) is 7.21. The van der Waals surface area contributed by atoms with Crippen molar-refractivity contribution in [2.45, 2.75) is 6.04 Å². The first-order valence-corrected chi connectivity index (χ1v) is 5.46. The van der Waals surface area contributed by atoms with Gasteiger partial charge in [-0.3, -0.25) is 4.79 Å². The third kappa shape index (κ3) is 4.29. The lowest BCUT2D eigenvalue weighted by atomic mass is 10.2. The first-order valence-electron chi connectivity index (χ1n) is 5.46. The lowest BCUT2D eigenvalue weighted by Crippen LogP contribution is -2.54. The van der Waals surface area contributed by atoms with Crippen molar-refractivity contribution in [3.63, 3.8) is 0 Å². The highest BCUT2D eigenvalue weighted by atomic mass is 16.5. The van der Waals surface area contributed by atoms with Crippen LogP contribution in [0.3, 0.4) is 0 Å². The zero-order valence-electron chi connectivity index (χ0n) is 9.85. The quantitative estimate of drug-likeness (QED) is 0.557. The molecule has 1 aliphatic heterocycles. The Kier molecular flexibility index (Phi) is 5.88. The molecule has 1 heterocycles. The minimum atomic E-state index is -1.03. The summed E-state index contributed by atoms with van der Waals surface area (Å²) in [6, 6.07) is -0.875. The molecule has 0 aromatic carbocycles. The summed E-state index contributed by atoms with van der Waals surface area (Å²) in [5.41, 5.74) is 0. The Bertz CT molecular complexity index is 271. The van der Waals surface area contributed by atoms with E-state index in [4.69, 9.17) is 14.6 Å². The average Bonchev–Trinajstić information content (AvgIpc) is 2.34. The lowest BCUT2D eigenvalue weighted by Gasteiger charge is -2.32. The van der Waals surface area contributed by atoms with Crippen molar-refractivity contribution in [3.05, 3.63) is 0 Å². The van der Waals surface area contributed by atoms with Gasteiger partial charge in [0.2, 0.25) is 5.91 Å². The fraction of sp³-hybridized carbons (Fsp3) is 0.800. The summed E-state index contributed by atoms with van der Waals surface area (Å²) < 4.78 is 9.88. The van der Waals surface area contributed by atoms with Crippen molar-refractivity contribution in [3.8, 4) is 0 Å². The van der Waals surface area contributed by atoms with Gasteiger partial charge >= 0.3 is 5.97 Å². The lowest BCUT2D eigenvalue weighted by molar-refractivity contribution is -0.157. The molecule has 17 heavy (non-hydrogen) atoms. The number of morpholine rings is 1. The van der Waals surface area contributed by atoms with Gasteiger partial charge in [-0.1, -0.05) is 0 Å². The predicted octanol–water partition coefficient (Wildman–Crippen LogP) is -1.47. The van der Waals surface area contributed by atoms with Crippen LogP contribution in [0.25, 0.3) is 0 Å². The summed E-state index contributed by atoms with van der Waals surface area (Å²) >= 11 is 0. The first-order chi connectivity index (χ1) is 8.16. The van der Waals surface area contributed by atoms with Crippen LogP contribution in [0.4, 0.5) is 0 Å². The van der Waals surface area contributed by atoms with Crippen molar-refractivity contribution < 1.29 is 24.2 Å². The van der Waals surface area contributed by atoms with E-state index in [0.717, 1.165) is 0 Å². The third-order valence-electron chi connectivity index (χ3n) is 2.49. The van der Waals surface area contributed by atoms with Crippen molar-refractivity contribution in [1.82, 2.24) is 10.2 Å². The van der Waals surface area contributed by atoms with Gasteiger partial charge in [0.25, 0.3) is 0 Å². The number of carboxylic acid groups (broad SMARTS) is 1. The molecule has 1 amide bonds. The van der Waals surface area contributed by atoms with Crippen molar-refractivity contribution in [2.24, 2.45) is 0 Å². The summed E-state index contributed by atoms with van der Waals surface area (Å²) in [6.45, 7) is 1.95. The molecular formula is C10H18N2O5. The third-order valence-corrected chi connectivity index (χ3v) is 2.49. The molecule has 0 aromatic rings. The normalized spacial score (nSPS) is 20.3. The molecule has 1 atom stereocenters. The maximum Gasteiger partial charge on any atom is 0.328 e. The number of carbonyl (C=O) groups is 2. The van der Waals surface area contributed by atoms with E-state index in [0.29, 0.717) is 26.3 Å². The summed E-state index contributed by atoms with van der Waals surface area (Å²) in [5, 5.41) is 11.8. The second-order valence-electron chi connectivity index (χ2n) is 3.69. The van der Waals surface area contributed by atoms with Crippen LogP contribution in [-0.2, 0) is 19.1 Å². The average molecular weight is 246 g/mol. The van der Waals surface area contributed by atoms with E-state index in [1.807, 2.05) is 0 Å². The zero-order valence-corrected chi connectivity index (χ0v) is 9.85. The van der Waals surface area contributed by atoms with Gasteiger partial charge in [0.05, 0.1) is 26.4 Å². The molecule has 2 N–H and O–H groups in total. The number of carboxylic acids is 1. The van der Waals surface area contributed by atoms with Gasteiger partial charge in [0.1, 0.15) is 0 Å². The Hall–Kier alpha value is -1.18. The molecule has 7 heteroatoms. The Balaban J connectivity index is 2.39. The molecule has 0 aromatic heterocycles. The Morgan fingerprint density at radius 2 is 2.35 bits per heavy atom. The number of hydrogen-bond acceptors (Lipinski definition) is 5. The largest absolute Gasteiger partial charge is 0.480 e. The topological polar surface area (TPSA) is 88.1 Å². The summed E-state index contributed by atoms with van der Waals surface area (Å²) in [4.78, 5) is 24.0. The maximum atomic E-state index is 11.8. The van der Waals surface area contributed by atoms with Crippen LogP contribution >= 0.6 is 0 Å². The number of nitrogens with zero attached hydrogens (tertiary/aromatic N) is 1. The van der Waals surface area contributed by atoms with Crippen LogP contribution in [-0.4, -0.2) is 74.5 Å². The summed E-state index contributed by atoms with van der Waals surface area (Å²) in [5.74, 6) is -1.26. The van der Waals surface area contributed by atoms with E-state index in [2.05, 4.69) is 5.32 Å². The summed E-state index contributed by atoms with van der Waals surface area (Å²) in [7, 11) is 1.58. The molecule has 7 nitrogen and oxygen atoms in total. The fourth-order valence-electron chi connectivity index (χ4n) is 1.58. The van der Waals surface area contributed by atoms with Gasteiger partial charge in [0.15, 0.2) is 6.04 Å². The minimum absolute atomic E-state index is 0.0547. The molecule has 1 unspecified atom stereocenters. The molecular weight excluding hydrogens is 228 g/mol. The van der Waals surface area contributed by atoms with Gasteiger partial charge in [-0.25, -0.2) is 4.79 Å². The van der Waals surface area contributed by atoms with E-state index in [-0.39, 0.29) is 19.1 Å². The molecule has 0 radical (unpaired) electrons. The van der Waals surface area contributed by atoms with E-state index in [1.54, 1.807) is 7.11 Å². The monoisotopic (exact) mass is 246 g/mol. The van der Waals surface area contributed by atoms with Crippen LogP contribution in [0.5, 0.6) is 0 Å². The van der Waals surface area contributed by atoms with Crippen LogP contribution in [0.2, 0.25) is 0 Å². The molecule has 1 rings (SSSR count). The highest BCUT2D eigenvalue weighted by Gasteiger charge is 2.32. The number of hydrogen-bond donors (Lipinski definition) is 2. The Morgan fingerprint density at radius 1 is 1.59 bits per heavy atom. The second-order valence-corrected chi connectivity index (χ2v) is 3.69. The molecule has 0 spiro atoms. The Morgan fingerprint density at radius 3 is 3.00 bits per heavy atom. The van der Waals surface area contributed by atoms with E-state index >= 15 is 0 Å². The molecule has 0 bridgehead atoms. The number of methoxy groups -OCH3 is 1. The number of carbonyl (C=O) groups excluding carboxylic acids is 1. The maximum absolute atomic E-state index is 11.8. The van der Waals surface area contributed by atoms with Crippen molar-refractivity contribution in [1.29, 1.82) is 0 Å². The van der Waals surface area contributed by atoms with Gasteiger partial charge in [-0.05, 0) is 0 Å². The smallest absolute Gasteiger partial charge is 0.328 e. The van der Waals surface area contributed by atoms with Crippen molar-refractivity contribution >= 4 is 11.9 Å². The number of aliphatic carboxylic acids is 1. The van der Waals surface area contributed by atoms with Crippen molar-refractivity contribution in [2.75, 3.05) is 46.6 Å². The SMILES string of the molecule is COCCNCC(=O)N1CCOCC1C(=O)O. The minimum Gasteiger partial charge on any atom is -0.480 e. The van der Waals surface area contributed by atoms with Crippen LogP contribution in [0, 0.1) is 0 Å². The zero-order chi connectivity index (χ0) is 12.7. The Labute approximate surface area is 99.7 Å². The molecule has 1 saturated heterocycles. The van der Waals surface area contributed by atoms with Gasteiger partial charge in [-0.15, -0.1) is 0 Å². The molecule has 1 fully saturated rings. The first kappa shape index (κ1) is 13.9. The molecule has 0 saturated carbocycles. The molecule has 1 aliphatic rings. The fourth-order valence-corrected chi connectivity index (χ4v) is 1.58. The van der Waals surface area contributed by atoms with E-state index in [9.17, 15) is 9.59 Å². The highest BCUT2D eigenvalue weighted by Crippen LogP contribution is 2.07. The van der Waals surface area contributed by atoms with Crippen LogP contribution in [0.1, 0.15) is 0 Å². The number of nitrogens with one attached hydrogen (secondary N) is 1. The van der Waals surface area contributed by atoms with Gasteiger partial charge in [0, 0.05) is 20.2 Å².